The summed E-state index contributed by atoms with van der Waals surface area (Å²) in [6, 6.07) is 10.4. The molecule has 4 heteroatoms. The highest BCUT2D eigenvalue weighted by Crippen LogP contribution is 2.32. The second kappa shape index (κ2) is 6.86. The Morgan fingerprint density at radius 3 is 2.65 bits per heavy atom. The molecule has 0 aromatic heterocycles. The first kappa shape index (κ1) is 15.0. The molecule has 20 heavy (non-hydrogen) atoms. The van der Waals surface area contributed by atoms with Crippen molar-refractivity contribution in [2.24, 2.45) is 0 Å². The van der Waals surface area contributed by atoms with Gasteiger partial charge in [-0.25, -0.2) is 4.39 Å². The van der Waals surface area contributed by atoms with Crippen molar-refractivity contribution in [1.29, 1.82) is 0 Å². The SMILES string of the molecule is CCNCc1ccc(Oc2cc(F)ccc2Br)c(C)c1. The van der Waals surface area contributed by atoms with Crippen molar-refractivity contribution >= 4 is 15.9 Å². The zero-order valence-corrected chi connectivity index (χ0v) is 13.1. The van der Waals surface area contributed by atoms with Gasteiger partial charge in [0.2, 0.25) is 0 Å². The maximum absolute atomic E-state index is 13.2. The molecule has 0 heterocycles. The van der Waals surface area contributed by atoms with Crippen molar-refractivity contribution in [3.63, 3.8) is 0 Å². The fourth-order valence-corrected chi connectivity index (χ4v) is 2.21. The van der Waals surface area contributed by atoms with Gasteiger partial charge in [0, 0.05) is 12.6 Å². The largest absolute Gasteiger partial charge is 0.456 e. The molecule has 0 bridgehead atoms. The highest BCUT2D eigenvalue weighted by molar-refractivity contribution is 9.10. The summed E-state index contributed by atoms with van der Waals surface area (Å²) in [4.78, 5) is 0. The van der Waals surface area contributed by atoms with E-state index in [4.69, 9.17) is 4.74 Å². The smallest absolute Gasteiger partial charge is 0.144 e. The van der Waals surface area contributed by atoms with Crippen molar-refractivity contribution < 1.29 is 9.13 Å². The molecule has 0 radical (unpaired) electrons. The Kier molecular flexibility index (Phi) is 5.15. The van der Waals surface area contributed by atoms with Crippen LogP contribution in [0, 0.1) is 12.7 Å². The lowest BCUT2D eigenvalue weighted by Crippen LogP contribution is -2.11. The van der Waals surface area contributed by atoms with Crippen LogP contribution >= 0.6 is 15.9 Å². The highest BCUT2D eigenvalue weighted by Gasteiger charge is 2.07. The molecule has 0 aliphatic rings. The number of hydrogen-bond acceptors (Lipinski definition) is 2. The average molecular weight is 338 g/mol. The summed E-state index contributed by atoms with van der Waals surface area (Å²) in [5, 5.41) is 3.28. The molecule has 2 aromatic rings. The van der Waals surface area contributed by atoms with Gasteiger partial charge in [0.05, 0.1) is 4.47 Å². The highest BCUT2D eigenvalue weighted by atomic mass is 79.9. The molecule has 2 rings (SSSR count). The van der Waals surface area contributed by atoms with Gasteiger partial charge in [-0.15, -0.1) is 0 Å². The summed E-state index contributed by atoms with van der Waals surface area (Å²) in [5.41, 5.74) is 2.23. The normalized spacial score (nSPS) is 10.6. The van der Waals surface area contributed by atoms with Crippen molar-refractivity contribution in [2.45, 2.75) is 20.4 Å². The van der Waals surface area contributed by atoms with Gasteiger partial charge < -0.3 is 10.1 Å². The van der Waals surface area contributed by atoms with Gasteiger partial charge in [-0.3, -0.25) is 0 Å². The lowest BCUT2D eigenvalue weighted by Gasteiger charge is -2.12. The zero-order chi connectivity index (χ0) is 14.5. The minimum Gasteiger partial charge on any atom is -0.456 e. The van der Waals surface area contributed by atoms with Crippen LogP contribution in [-0.2, 0) is 6.54 Å². The molecule has 2 aromatic carbocycles. The van der Waals surface area contributed by atoms with Crippen LogP contribution in [0.1, 0.15) is 18.1 Å². The third-order valence-electron chi connectivity index (χ3n) is 2.93. The molecule has 0 spiro atoms. The van der Waals surface area contributed by atoms with E-state index in [1.807, 2.05) is 19.1 Å². The number of nitrogens with one attached hydrogen (secondary N) is 1. The first-order valence-electron chi connectivity index (χ1n) is 6.53. The van der Waals surface area contributed by atoms with Crippen LogP contribution in [0.3, 0.4) is 0 Å². The molecular weight excluding hydrogens is 321 g/mol. The van der Waals surface area contributed by atoms with Gasteiger partial charge >= 0.3 is 0 Å². The third kappa shape index (κ3) is 3.81. The first-order valence-corrected chi connectivity index (χ1v) is 7.32. The van der Waals surface area contributed by atoms with Gasteiger partial charge in [0.25, 0.3) is 0 Å². The minimum atomic E-state index is -0.315. The average Bonchev–Trinajstić information content (AvgIpc) is 2.43. The van der Waals surface area contributed by atoms with Crippen LogP contribution < -0.4 is 10.1 Å². The van der Waals surface area contributed by atoms with Crippen LogP contribution in [0.5, 0.6) is 11.5 Å². The Morgan fingerprint density at radius 1 is 1.15 bits per heavy atom. The van der Waals surface area contributed by atoms with Crippen LogP contribution in [0.15, 0.2) is 40.9 Å². The maximum Gasteiger partial charge on any atom is 0.144 e. The summed E-state index contributed by atoms with van der Waals surface area (Å²) in [6.07, 6.45) is 0. The molecule has 0 aliphatic heterocycles. The summed E-state index contributed by atoms with van der Waals surface area (Å²) in [7, 11) is 0. The van der Waals surface area contributed by atoms with E-state index >= 15 is 0 Å². The second-order valence-corrected chi connectivity index (χ2v) is 5.41. The number of rotatable bonds is 5. The summed E-state index contributed by atoms with van der Waals surface area (Å²) in [6.45, 7) is 5.83. The molecule has 0 amide bonds. The summed E-state index contributed by atoms with van der Waals surface area (Å²) >= 11 is 3.36. The van der Waals surface area contributed by atoms with Crippen molar-refractivity contribution in [3.8, 4) is 11.5 Å². The van der Waals surface area contributed by atoms with E-state index in [-0.39, 0.29) is 5.82 Å². The Bertz CT molecular complexity index is 601. The van der Waals surface area contributed by atoms with E-state index in [2.05, 4.69) is 34.2 Å². The van der Waals surface area contributed by atoms with E-state index in [0.29, 0.717) is 5.75 Å². The Labute approximate surface area is 127 Å². The van der Waals surface area contributed by atoms with E-state index < -0.39 is 0 Å². The van der Waals surface area contributed by atoms with Crippen molar-refractivity contribution in [3.05, 3.63) is 57.8 Å². The maximum atomic E-state index is 13.2. The molecule has 0 fully saturated rings. The molecule has 0 unspecified atom stereocenters. The molecule has 0 aliphatic carbocycles. The minimum absolute atomic E-state index is 0.315. The zero-order valence-electron chi connectivity index (χ0n) is 11.5. The van der Waals surface area contributed by atoms with Gasteiger partial charge in [-0.05, 0) is 58.7 Å². The molecule has 0 saturated heterocycles. The fourth-order valence-electron chi connectivity index (χ4n) is 1.88. The van der Waals surface area contributed by atoms with Crippen LogP contribution in [0.4, 0.5) is 4.39 Å². The monoisotopic (exact) mass is 337 g/mol. The number of halogens is 2. The quantitative estimate of drug-likeness (QED) is 0.846. The standard InChI is InChI=1S/C16H17BrFNO/c1-3-19-10-12-4-7-15(11(2)8-12)20-16-9-13(18)5-6-14(16)17/h4-9,19H,3,10H2,1-2H3. The molecular formula is C16H17BrFNO. The molecule has 2 nitrogen and oxygen atoms in total. The van der Waals surface area contributed by atoms with Crippen LogP contribution in [0.25, 0.3) is 0 Å². The van der Waals surface area contributed by atoms with Gasteiger partial charge in [-0.1, -0.05) is 19.1 Å². The van der Waals surface area contributed by atoms with E-state index in [9.17, 15) is 4.39 Å². The first-order chi connectivity index (χ1) is 9.60. The lowest BCUT2D eigenvalue weighted by atomic mass is 10.1. The van der Waals surface area contributed by atoms with E-state index in [1.165, 1.54) is 17.7 Å². The number of hydrogen-bond donors (Lipinski definition) is 1. The lowest BCUT2D eigenvalue weighted by molar-refractivity contribution is 0.470. The topological polar surface area (TPSA) is 21.3 Å². The van der Waals surface area contributed by atoms with Gasteiger partial charge in [-0.2, -0.15) is 0 Å². The summed E-state index contributed by atoms with van der Waals surface area (Å²) < 4.78 is 19.7. The van der Waals surface area contributed by atoms with Crippen LogP contribution in [-0.4, -0.2) is 6.54 Å². The van der Waals surface area contributed by atoms with Crippen molar-refractivity contribution in [2.75, 3.05) is 6.54 Å². The summed E-state index contributed by atoms with van der Waals surface area (Å²) in [5.74, 6) is 0.897. The second-order valence-electron chi connectivity index (χ2n) is 4.56. The van der Waals surface area contributed by atoms with Gasteiger partial charge in [0.15, 0.2) is 0 Å². The Hall–Kier alpha value is -1.39. The molecule has 0 saturated carbocycles. The Balaban J connectivity index is 2.19. The number of ether oxygens (including phenoxy) is 1. The molecule has 0 atom stereocenters. The van der Waals surface area contributed by atoms with Crippen molar-refractivity contribution in [1.82, 2.24) is 5.32 Å². The predicted octanol–water partition coefficient (Wildman–Crippen LogP) is 4.80. The van der Waals surface area contributed by atoms with E-state index in [1.54, 1.807) is 6.07 Å². The van der Waals surface area contributed by atoms with Crippen LogP contribution in [0.2, 0.25) is 0 Å². The van der Waals surface area contributed by atoms with Gasteiger partial charge in [0.1, 0.15) is 17.3 Å². The fraction of sp³-hybridized carbons (Fsp3) is 0.250. The predicted molar refractivity (Wildman–Crippen MR) is 82.7 cm³/mol. The van der Waals surface area contributed by atoms with E-state index in [0.717, 1.165) is 28.9 Å². The number of benzene rings is 2. The molecule has 1 N–H and O–H groups in total. The number of aryl methyl sites for hydroxylation is 1. The Morgan fingerprint density at radius 2 is 1.95 bits per heavy atom. The third-order valence-corrected chi connectivity index (χ3v) is 3.59. The molecule has 106 valence electrons.